The van der Waals surface area contributed by atoms with Crippen molar-refractivity contribution in [1.82, 2.24) is 15.0 Å². The molecular formula is C23H25N3O4S. The van der Waals surface area contributed by atoms with Crippen molar-refractivity contribution in [3.8, 4) is 5.75 Å². The number of aryl methyl sites for hydroxylation is 2. The van der Waals surface area contributed by atoms with Gasteiger partial charge in [0.2, 0.25) is 10.0 Å². The molecule has 0 unspecified atom stereocenters. The largest absolute Gasteiger partial charge is 0.488 e. The van der Waals surface area contributed by atoms with E-state index >= 15 is 0 Å². The molecular weight excluding hydrogens is 414 g/mol. The minimum atomic E-state index is -3.48. The predicted molar refractivity (Wildman–Crippen MR) is 118 cm³/mol. The normalized spacial score (nSPS) is 11.2. The van der Waals surface area contributed by atoms with Crippen molar-refractivity contribution in [2.75, 3.05) is 7.05 Å². The second-order valence-corrected chi connectivity index (χ2v) is 9.01. The van der Waals surface area contributed by atoms with E-state index in [1.165, 1.54) is 19.2 Å². The molecule has 0 aliphatic rings. The molecule has 2 aromatic carbocycles. The monoisotopic (exact) mass is 439 g/mol. The van der Waals surface area contributed by atoms with Crippen LogP contribution in [-0.2, 0) is 23.2 Å². The lowest BCUT2D eigenvalue weighted by atomic mass is 10.0. The Bertz CT molecular complexity index is 1140. The Morgan fingerprint density at radius 3 is 2.29 bits per heavy atom. The van der Waals surface area contributed by atoms with Gasteiger partial charge in [-0.15, -0.1) is 0 Å². The van der Waals surface area contributed by atoms with Gasteiger partial charge in [0.05, 0.1) is 4.90 Å². The van der Waals surface area contributed by atoms with Crippen molar-refractivity contribution >= 4 is 15.9 Å². The van der Waals surface area contributed by atoms with Crippen LogP contribution in [0.15, 0.2) is 65.8 Å². The van der Waals surface area contributed by atoms with E-state index in [1.54, 1.807) is 36.7 Å². The number of carbonyl (C=O) groups is 1. The minimum absolute atomic E-state index is 0.179. The smallest absolute Gasteiger partial charge is 0.251 e. The molecule has 0 spiro atoms. The lowest BCUT2D eigenvalue weighted by Crippen LogP contribution is -2.23. The zero-order valence-corrected chi connectivity index (χ0v) is 18.5. The second kappa shape index (κ2) is 9.72. The fraction of sp³-hybridized carbons (Fsp3) is 0.217. The molecule has 31 heavy (non-hydrogen) atoms. The van der Waals surface area contributed by atoms with E-state index in [2.05, 4.69) is 15.0 Å². The zero-order chi connectivity index (χ0) is 22.4. The topological polar surface area (TPSA) is 97.4 Å². The van der Waals surface area contributed by atoms with Gasteiger partial charge in [-0.25, -0.2) is 13.1 Å². The van der Waals surface area contributed by atoms with Crippen LogP contribution in [0.5, 0.6) is 5.75 Å². The number of nitrogens with zero attached hydrogens (tertiary/aromatic N) is 1. The van der Waals surface area contributed by atoms with Gasteiger partial charge in [-0.1, -0.05) is 18.2 Å². The van der Waals surface area contributed by atoms with Gasteiger partial charge in [0.25, 0.3) is 5.91 Å². The van der Waals surface area contributed by atoms with Crippen LogP contribution in [0.3, 0.4) is 0 Å². The number of amides is 1. The van der Waals surface area contributed by atoms with Crippen LogP contribution in [0.4, 0.5) is 0 Å². The molecule has 3 rings (SSSR count). The molecule has 0 saturated carbocycles. The molecule has 0 atom stereocenters. The fourth-order valence-corrected chi connectivity index (χ4v) is 3.87. The van der Waals surface area contributed by atoms with E-state index in [-0.39, 0.29) is 17.3 Å². The van der Waals surface area contributed by atoms with E-state index in [9.17, 15) is 13.2 Å². The first-order valence-corrected chi connectivity index (χ1v) is 11.2. The number of aromatic nitrogens is 1. The molecule has 0 aliphatic heterocycles. The first kappa shape index (κ1) is 22.5. The van der Waals surface area contributed by atoms with Crippen LogP contribution in [0.25, 0.3) is 0 Å². The SMILES string of the molecule is CNS(=O)(=O)c1ccc(CNC(=O)c2cc(C)c(OCc3cccnc3)c(C)c2)cc1. The molecule has 1 heterocycles. The van der Waals surface area contributed by atoms with Crippen molar-refractivity contribution in [3.05, 3.63) is 88.7 Å². The van der Waals surface area contributed by atoms with E-state index < -0.39 is 10.0 Å². The summed E-state index contributed by atoms with van der Waals surface area (Å²) in [6.07, 6.45) is 3.47. The molecule has 2 N–H and O–H groups in total. The van der Waals surface area contributed by atoms with Gasteiger partial charge in [0, 0.05) is 30.1 Å². The first-order valence-electron chi connectivity index (χ1n) is 9.74. The molecule has 8 heteroatoms. The minimum Gasteiger partial charge on any atom is -0.488 e. The highest BCUT2D eigenvalue weighted by Gasteiger charge is 2.13. The molecule has 0 radical (unpaired) electrons. The summed E-state index contributed by atoms with van der Waals surface area (Å²) in [5.41, 5.74) is 4.05. The molecule has 1 amide bonds. The van der Waals surface area contributed by atoms with Crippen molar-refractivity contribution in [1.29, 1.82) is 0 Å². The quantitative estimate of drug-likeness (QED) is 0.562. The van der Waals surface area contributed by atoms with Crippen molar-refractivity contribution in [3.63, 3.8) is 0 Å². The van der Waals surface area contributed by atoms with E-state index in [0.717, 1.165) is 28.0 Å². The highest BCUT2D eigenvalue weighted by molar-refractivity contribution is 7.89. The maximum atomic E-state index is 12.6. The number of nitrogens with one attached hydrogen (secondary N) is 2. The Labute approximate surface area is 182 Å². The molecule has 1 aromatic heterocycles. The lowest BCUT2D eigenvalue weighted by Gasteiger charge is -2.14. The van der Waals surface area contributed by atoms with E-state index in [0.29, 0.717) is 12.2 Å². The summed E-state index contributed by atoms with van der Waals surface area (Å²) in [7, 11) is -2.11. The maximum absolute atomic E-state index is 12.6. The number of sulfonamides is 1. The van der Waals surface area contributed by atoms with Gasteiger partial charge in [-0.3, -0.25) is 9.78 Å². The third kappa shape index (κ3) is 5.68. The molecule has 0 aliphatic carbocycles. The van der Waals surface area contributed by atoms with Crippen molar-refractivity contribution in [2.24, 2.45) is 0 Å². The van der Waals surface area contributed by atoms with E-state index in [4.69, 9.17) is 4.74 Å². The van der Waals surface area contributed by atoms with Crippen LogP contribution in [0.1, 0.15) is 32.6 Å². The Hall–Kier alpha value is -3.23. The molecule has 162 valence electrons. The van der Waals surface area contributed by atoms with Crippen LogP contribution >= 0.6 is 0 Å². The molecule has 7 nitrogen and oxygen atoms in total. The van der Waals surface area contributed by atoms with Gasteiger partial charge in [0.1, 0.15) is 12.4 Å². The molecule has 0 bridgehead atoms. The van der Waals surface area contributed by atoms with E-state index in [1.807, 2.05) is 26.0 Å². The zero-order valence-electron chi connectivity index (χ0n) is 17.7. The number of benzene rings is 2. The van der Waals surface area contributed by atoms with Gasteiger partial charge in [0.15, 0.2) is 0 Å². The summed E-state index contributed by atoms with van der Waals surface area (Å²) in [4.78, 5) is 16.9. The second-order valence-electron chi connectivity index (χ2n) is 7.12. The van der Waals surface area contributed by atoms with Crippen LogP contribution in [-0.4, -0.2) is 26.4 Å². The highest BCUT2D eigenvalue weighted by atomic mass is 32.2. The van der Waals surface area contributed by atoms with Crippen molar-refractivity contribution in [2.45, 2.75) is 31.9 Å². The number of hydrogen-bond acceptors (Lipinski definition) is 5. The van der Waals surface area contributed by atoms with Crippen LogP contribution in [0.2, 0.25) is 0 Å². The highest BCUT2D eigenvalue weighted by Crippen LogP contribution is 2.26. The number of ether oxygens (including phenoxy) is 1. The third-order valence-corrected chi connectivity index (χ3v) is 6.21. The Kier molecular flexibility index (Phi) is 7.04. The summed E-state index contributed by atoms with van der Waals surface area (Å²) in [6, 6.07) is 13.8. The first-order chi connectivity index (χ1) is 14.8. The summed E-state index contributed by atoms with van der Waals surface area (Å²) < 4.78 is 31.8. The summed E-state index contributed by atoms with van der Waals surface area (Å²) in [5, 5.41) is 2.87. The standard InChI is InChI=1S/C23H25N3O4S/c1-16-11-20(12-17(2)22(16)30-15-19-5-4-10-25-13-19)23(27)26-14-18-6-8-21(9-7-18)31(28,29)24-3/h4-13,24H,14-15H2,1-3H3,(H,26,27). The summed E-state index contributed by atoms with van der Waals surface area (Å²) in [6.45, 7) is 4.50. The average molecular weight is 440 g/mol. The van der Waals surface area contributed by atoms with Crippen LogP contribution < -0.4 is 14.8 Å². The summed E-state index contributed by atoms with van der Waals surface area (Å²) >= 11 is 0. The number of hydrogen-bond donors (Lipinski definition) is 2. The Balaban J connectivity index is 1.64. The third-order valence-electron chi connectivity index (χ3n) is 4.78. The number of pyridine rings is 1. The average Bonchev–Trinajstić information content (AvgIpc) is 2.77. The van der Waals surface area contributed by atoms with Crippen molar-refractivity contribution < 1.29 is 17.9 Å². The molecule has 0 saturated heterocycles. The van der Waals surface area contributed by atoms with Crippen LogP contribution in [0, 0.1) is 13.8 Å². The predicted octanol–water partition coefficient (Wildman–Crippen LogP) is 3.12. The lowest BCUT2D eigenvalue weighted by molar-refractivity contribution is 0.0950. The fourth-order valence-electron chi connectivity index (χ4n) is 3.14. The number of rotatable bonds is 8. The van der Waals surface area contributed by atoms with Gasteiger partial charge in [-0.2, -0.15) is 0 Å². The molecule has 3 aromatic rings. The number of carbonyl (C=O) groups excluding carboxylic acids is 1. The van der Waals surface area contributed by atoms with Gasteiger partial charge < -0.3 is 10.1 Å². The van der Waals surface area contributed by atoms with Gasteiger partial charge in [-0.05, 0) is 67.9 Å². The Morgan fingerprint density at radius 1 is 1.03 bits per heavy atom. The Morgan fingerprint density at radius 2 is 1.71 bits per heavy atom. The maximum Gasteiger partial charge on any atom is 0.251 e. The molecule has 0 fully saturated rings. The summed E-state index contributed by atoms with van der Waals surface area (Å²) in [5.74, 6) is 0.540. The van der Waals surface area contributed by atoms with Gasteiger partial charge >= 0.3 is 0 Å².